The van der Waals surface area contributed by atoms with E-state index in [9.17, 15) is 4.79 Å². The number of aromatic nitrogens is 1. The summed E-state index contributed by atoms with van der Waals surface area (Å²) >= 11 is 6.66. The molecule has 1 heterocycles. The van der Waals surface area contributed by atoms with E-state index in [1.807, 2.05) is 12.1 Å². The molecule has 0 aliphatic carbocycles. The topological polar surface area (TPSA) is 35.1 Å². The molecule has 0 unspecified atom stereocenters. The molecule has 0 aliphatic rings. The largest absolute Gasteiger partial charge is 0.419 e. The van der Waals surface area contributed by atoms with Crippen LogP contribution in [0.4, 0.5) is 0 Å². The van der Waals surface area contributed by atoms with Crippen molar-refractivity contribution in [2.24, 2.45) is 7.05 Å². The molecule has 0 aliphatic heterocycles. The molecule has 0 spiro atoms. The van der Waals surface area contributed by atoms with Gasteiger partial charge in [0.25, 0.3) is 0 Å². The fourth-order valence-corrected chi connectivity index (χ4v) is 2.43. The van der Waals surface area contributed by atoms with Gasteiger partial charge >= 0.3 is 5.76 Å². The number of rotatable bonds is 0. The smallest absolute Gasteiger partial charge is 0.406 e. The first kappa shape index (κ1) is 9.02. The molecule has 2 aromatic rings. The Hall–Kier alpha value is -0.550. The Morgan fingerprint density at radius 1 is 1.38 bits per heavy atom. The predicted molar refractivity (Wildman–Crippen MR) is 56.9 cm³/mol. The maximum absolute atomic E-state index is 11.2. The highest BCUT2D eigenvalue weighted by atomic mass is 79.9. The Balaban J connectivity index is 3.03. The maximum Gasteiger partial charge on any atom is 0.419 e. The molecule has 1 aromatic carbocycles. The lowest BCUT2D eigenvalue weighted by atomic mass is 10.3. The molecule has 2 rings (SSSR count). The van der Waals surface area contributed by atoms with Crippen LogP contribution in [0, 0.1) is 0 Å². The van der Waals surface area contributed by atoms with E-state index in [1.54, 1.807) is 7.05 Å². The zero-order valence-electron chi connectivity index (χ0n) is 6.67. The van der Waals surface area contributed by atoms with E-state index in [2.05, 4.69) is 31.9 Å². The fourth-order valence-electron chi connectivity index (χ4n) is 1.15. The van der Waals surface area contributed by atoms with Crippen LogP contribution in [-0.2, 0) is 7.05 Å². The van der Waals surface area contributed by atoms with E-state index in [-0.39, 0.29) is 5.76 Å². The van der Waals surface area contributed by atoms with Crippen molar-refractivity contribution in [2.75, 3.05) is 0 Å². The van der Waals surface area contributed by atoms with Crippen LogP contribution in [0.2, 0.25) is 0 Å². The molecule has 0 amide bonds. The third kappa shape index (κ3) is 1.36. The highest BCUT2D eigenvalue weighted by Crippen LogP contribution is 2.27. The van der Waals surface area contributed by atoms with Crippen molar-refractivity contribution < 1.29 is 4.42 Å². The molecule has 1 aromatic heterocycles. The Bertz CT molecular complexity index is 527. The summed E-state index contributed by atoms with van der Waals surface area (Å²) in [6.07, 6.45) is 0. The summed E-state index contributed by atoms with van der Waals surface area (Å²) in [5, 5.41) is 0. The summed E-state index contributed by atoms with van der Waals surface area (Å²) in [5.41, 5.74) is 1.35. The molecular weight excluding hydrogens is 302 g/mol. The van der Waals surface area contributed by atoms with Crippen LogP contribution in [0.1, 0.15) is 0 Å². The van der Waals surface area contributed by atoms with Crippen molar-refractivity contribution in [3.63, 3.8) is 0 Å². The van der Waals surface area contributed by atoms with Crippen molar-refractivity contribution in [1.82, 2.24) is 4.57 Å². The van der Waals surface area contributed by atoms with Crippen LogP contribution >= 0.6 is 31.9 Å². The van der Waals surface area contributed by atoms with Gasteiger partial charge in [-0.25, -0.2) is 4.79 Å². The number of benzene rings is 1. The molecule has 0 saturated heterocycles. The second-order valence-electron chi connectivity index (χ2n) is 2.66. The van der Waals surface area contributed by atoms with Gasteiger partial charge in [-0.15, -0.1) is 0 Å². The quantitative estimate of drug-likeness (QED) is 0.750. The zero-order chi connectivity index (χ0) is 9.59. The van der Waals surface area contributed by atoms with Crippen LogP contribution in [0.15, 0.2) is 30.3 Å². The molecule has 0 saturated carbocycles. The summed E-state index contributed by atoms with van der Waals surface area (Å²) in [7, 11) is 1.67. The van der Waals surface area contributed by atoms with E-state index >= 15 is 0 Å². The lowest BCUT2D eigenvalue weighted by Gasteiger charge is -1.95. The van der Waals surface area contributed by atoms with Crippen LogP contribution in [-0.4, -0.2) is 4.57 Å². The monoisotopic (exact) mass is 305 g/mol. The van der Waals surface area contributed by atoms with Gasteiger partial charge in [-0.05, 0) is 28.1 Å². The first-order valence-electron chi connectivity index (χ1n) is 3.54. The molecule has 68 valence electrons. The molecule has 0 atom stereocenters. The average molecular weight is 307 g/mol. The maximum atomic E-state index is 11.2. The van der Waals surface area contributed by atoms with Crippen molar-refractivity contribution in [3.05, 3.63) is 31.6 Å². The van der Waals surface area contributed by atoms with Crippen LogP contribution in [0.3, 0.4) is 0 Å². The molecule has 0 bridgehead atoms. The fraction of sp³-hybridized carbons (Fsp3) is 0.125. The second-order valence-corrected chi connectivity index (χ2v) is 4.43. The number of oxazole rings is 1. The SMILES string of the molecule is Cn1c(=O)oc2c(Br)cc(Br)cc21. The van der Waals surface area contributed by atoms with Gasteiger partial charge in [0.15, 0.2) is 5.58 Å². The molecule has 0 N–H and O–H groups in total. The summed E-state index contributed by atoms with van der Waals surface area (Å²) < 4.78 is 8.17. The van der Waals surface area contributed by atoms with Gasteiger partial charge in [0.1, 0.15) is 0 Å². The lowest BCUT2D eigenvalue weighted by Crippen LogP contribution is -2.08. The normalized spacial score (nSPS) is 11.0. The number of hydrogen-bond acceptors (Lipinski definition) is 2. The first-order chi connectivity index (χ1) is 6.09. The zero-order valence-corrected chi connectivity index (χ0v) is 9.85. The minimum Gasteiger partial charge on any atom is -0.406 e. The Labute approximate surface area is 90.6 Å². The van der Waals surface area contributed by atoms with E-state index < -0.39 is 0 Å². The van der Waals surface area contributed by atoms with Gasteiger partial charge in [-0.3, -0.25) is 4.57 Å². The van der Waals surface area contributed by atoms with Crippen molar-refractivity contribution in [2.45, 2.75) is 0 Å². The van der Waals surface area contributed by atoms with Crippen LogP contribution < -0.4 is 5.76 Å². The number of aryl methyl sites for hydroxylation is 1. The highest BCUT2D eigenvalue weighted by Gasteiger charge is 2.09. The summed E-state index contributed by atoms with van der Waals surface area (Å²) in [4.78, 5) is 11.2. The Kier molecular flexibility index (Phi) is 2.08. The number of halogens is 2. The Morgan fingerprint density at radius 2 is 2.08 bits per heavy atom. The van der Waals surface area contributed by atoms with Crippen molar-refractivity contribution in [1.29, 1.82) is 0 Å². The number of fused-ring (bicyclic) bond motifs is 1. The van der Waals surface area contributed by atoms with Gasteiger partial charge in [0.2, 0.25) is 0 Å². The molecule has 5 heteroatoms. The number of hydrogen-bond donors (Lipinski definition) is 0. The minimum absolute atomic E-state index is 0.353. The third-order valence-electron chi connectivity index (χ3n) is 1.81. The molecule has 13 heavy (non-hydrogen) atoms. The van der Waals surface area contributed by atoms with E-state index in [0.29, 0.717) is 5.58 Å². The van der Waals surface area contributed by atoms with Crippen molar-refractivity contribution >= 4 is 43.0 Å². The van der Waals surface area contributed by atoms with Gasteiger partial charge in [0.05, 0.1) is 9.99 Å². The standard InChI is InChI=1S/C8H5Br2NO2/c1-11-6-3-4(9)2-5(10)7(6)13-8(11)12/h2-3H,1H3. The minimum atomic E-state index is -0.353. The van der Waals surface area contributed by atoms with Gasteiger partial charge in [-0.1, -0.05) is 15.9 Å². The summed E-state index contributed by atoms with van der Waals surface area (Å²) in [6, 6.07) is 3.68. The summed E-state index contributed by atoms with van der Waals surface area (Å²) in [5.74, 6) is -0.353. The van der Waals surface area contributed by atoms with Gasteiger partial charge in [0, 0.05) is 11.5 Å². The second kappa shape index (κ2) is 2.99. The molecule has 0 fully saturated rings. The average Bonchev–Trinajstić information content (AvgIpc) is 2.32. The Morgan fingerprint density at radius 3 is 2.77 bits per heavy atom. The van der Waals surface area contributed by atoms with Crippen molar-refractivity contribution in [3.8, 4) is 0 Å². The molecular formula is C8H5Br2NO2. The van der Waals surface area contributed by atoms with Crippen LogP contribution in [0.25, 0.3) is 11.1 Å². The highest BCUT2D eigenvalue weighted by molar-refractivity contribution is 9.11. The van der Waals surface area contributed by atoms with E-state index in [4.69, 9.17) is 4.42 Å². The van der Waals surface area contributed by atoms with Gasteiger partial charge < -0.3 is 4.42 Å². The van der Waals surface area contributed by atoms with E-state index in [0.717, 1.165) is 14.5 Å². The first-order valence-corrected chi connectivity index (χ1v) is 5.13. The lowest BCUT2D eigenvalue weighted by molar-refractivity contribution is 0.527. The predicted octanol–water partition coefficient (Wildman–Crippen LogP) is 2.66. The third-order valence-corrected chi connectivity index (χ3v) is 2.86. The van der Waals surface area contributed by atoms with Gasteiger partial charge in [-0.2, -0.15) is 0 Å². The summed E-state index contributed by atoms with van der Waals surface area (Å²) in [6.45, 7) is 0. The van der Waals surface area contributed by atoms with E-state index in [1.165, 1.54) is 4.57 Å². The van der Waals surface area contributed by atoms with Crippen LogP contribution in [0.5, 0.6) is 0 Å². The molecule has 0 radical (unpaired) electrons. The molecule has 3 nitrogen and oxygen atoms in total. The number of nitrogens with zero attached hydrogens (tertiary/aromatic N) is 1.